The van der Waals surface area contributed by atoms with Crippen LogP contribution >= 0.6 is 0 Å². The van der Waals surface area contributed by atoms with Gasteiger partial charge >= 0.3 is 0 Å². The lowest BCUT2D eigenvalue weighted by molar-refractivity contribution is -0.138. The second kappa shape index (κ2) is 6.87. The van der Waals surface area contributed by atoms with E-state index < -0.39 is 9.84 Å². The fraction of sp³-hybridized carbons (Fsp3) is 0.923. The molecule has 2 fully saturated rings. The third-order valence-electron chi connectivity index (χ3n) is 4.11. The fourth-order valence-electron chi connectivity index (χ4n) is 2.98. The molecule has 0 aromatic carbocycles. The summed E-state index contributed by atoms with van der Waals surface area (Å²) in [6.45, 7) is 2.58. The highest BCUT2D eigenvalue weighted by Gasteiger charge is 2.36. The molecule has 0 aromatic heterocycles. The first-order valence-corrected chi connectivity index (χ1v) is 9.06. The highest BCUT2D eigenvalue weighted by molar-refractivity contribution is 7.91. The Morgan fingerprint density at radius 3 is 2.75 bits per heavy atom. The predicted octanol–water partition coefficient (Wildman–Crippen LogP) is -0.352. The highest BCUT2D eigenvalue weighted by atomic mass is 32.2. The Kier molecular flexibility index (Phi) is 5.40. The van der Waals surface area contributed by atoms with Crippen LogP contribution in [0.4, 0.5) is 0 Å². The Morgan fingerprint density at radius 2 is 2.20 bits per heavy atom. The van der Waals surface area contributed by atoms with Crippen LogP contribution in [0.3, 0.4) is 0 Å². The van der Waals surface area contributed by atoms with Gasteiger partial charge in [-0.3, -0.25) is 4.79 Å². The molecule has 1 unspecified atom stereocenters. The first kappa shape index (κ1) is 15.7. The standard InChI is InChI=1S/C13H24N2O4S/c1-19-7-6-15(12-4-8-20(17,18)10-12)13(16)11-3-2-5-14-9-11/h11-12,14H,2-10H2,1H3/t11-,12?/m1/s1. The minimum absolute atomic E-state index is 0.0242. The molecule has 20 heavy (non-hydrogen) atoms. The van der Waals surface area contributed by atoms with Crippen LogP contribution < -0.4 is 5.32 Å². The van der Waals surface area contributed by atoms with Crippen molar-refractivity contribution in [2.24, 2.45) is 5.92 Å². The average molecular weight is 304 g/mol. The van der Waals surface area contributed by atoms with Crippen LogP contribution in [0, 0.1) is 5.92 Å². The van der Waals surface area contributed by atoms with Gasteiger partial charge in [-0.05, 0) is 25.8 Å². The lowest BCUT2D eigenvalue weighted by Gasteiger charge is -2.33. The molecule has 0 aliphatic carbocycles. The van der Waals surface area contributed by atoms with Crippen molar-refractivity contribution in [3.05, 3.63) is 0 Å². The van der Waals surface area contributed by atoms with Crippen LogP contribution in [-0.2, 0) is 19.4 Å². The molecule has 0 bridgehead atoms. The van der Waals surface area contributed by atoms with Crippen LogP contribution in [0.1, 0.15) is 19.3 Å². The summed E-state index contributed by atoms with van der Waals surface area (Å²) < 4.78 is 28.3. The summed E-state index contributed by atoms with van der Waals surface area (Å²) in [4.78, 5) is 14.4. The summed E-state index contributed by atoms with van der Waals surface area (Å²) in [5.74, 6) is 0.347. The quantitative estimate of drug-likeness (QED) is 0.751. The monoisotopic (exact) mass is 304 g/mol. The van der Waals surface area contributed by atoms with Crippen molar-refractivity contribution in [1.29, 1.82) is 0 Å². The van der Waals surface area contributed by atoms with E-state index in [4.69, 9.17) is 4.74 Å². The van der Waals surface area contributed by atoms with Crippen molar-refractivity contribution in [2.75, 3.05) is 44.9 Å². The summed E-state index contributed by atoms with van der Waals surface area (Å²) >= 11 is 0. The molecular formula is C13H24N2O4S. The van der Waals surface area contributed by atoms with E-state index in [0.29, 0.717) is 26.1 Å². The molecule has 7 heteroatoms. The molecule has 6 nitrogen and oxygen atoms in total. The van der Waals surface area contributed by atoms with Crippen molar-refractivity contribution in [2.45, 2.75) is 25.3 Å². The maximum Gasteiger partial charge on any atom is 0.227 e. The number of carbonyl (C=O) groups excluding carboxylic acids is 1. The second-order valence-electron chi connectivity index (χ2n) is 5.62. The van der Waals surface area contributed by atoms with Crippen LogP contribution in [0.5, 0.6) is 0 Å². The molecule has 2 atom stereocenters. The zero-order valence-corrected chi connectivity index (χ0v) is 12.8. The van der Waals surface area contributed by atoms with Gasteiger partial charge in [-0.15, -0.1) is 0 Å². The number of piperidine rings is 1. The molecule has 0 radical (unpaired) electrons. The third kappa shape index (κ3) is 3.93. The van der Waals surface area contributed by atoms with Gasteiger partial charge in [-0.2, -0.15) is 0 Å². The smallest absolute Gasteiger partial charge is 0.227 e. The number of hydrogen-bond donors (Lipinski definition) is 1. The molecule has 0 spiro atoms. The van der Waals surface area contributed by atoms with E-state index in [1.165, 1.54) is 0 Å². The summed E-state index contributed by atoms with van der Waals surface area (Å²) in [6, 6.07) is -0.176. The van der Waals surface area contributed by atoms with Crippen molar-refractivity contribution in [3.8, 4) is 0 Å². The molecule has 2 heterocycles. The van der Waals surface area contributed by atoms with Gasteiger partial charge < -0.3 is 15.0 Å². The van der Waals surface area contributed by atoms with Gasteiger partial charge in [-0.1, -0.05) is 0 Å². The van der Waals surface area contributed by atoms with Crippen LogP contribution in [-0.4, -0.2) is 70.1 Å². The van der Waals surface area contributed by atoms with E-state index in [9.17, 15) is 13.2 Å². The summed E-state index contributed by atoms with van der Waals surface area (Å²) in [5.41, 5.74) is 0. The zero-order valence-electron chi connectivity index (χ0n) is 12.0. The number of nitrogens with zero attached hydrogens (tertiary/aromatic N) is 1. The number of ether oxygens (including phenoxy) is 1. The minimum Gasteiger partial charge on any atom is -0.383 e. The largest absolute Gasteiger partial charge is 0.383 e. The number of nitrogens with one attached hydrogen (secondary N) is 1. The van der Waals surface area contributed by atoms with Gasteiger partial charge in [0.1, 0.15) is 0 Å². The predicted molar refractivity (Wildman–Crippen MR) is 76.2 cm³/mol. The van der Waals surface area contributed by atoms with E-state index in [1.54, 1.807) is 12.0 Å². The maximum absolute atomic E-state index is 12.6. The molecule has 1 N–H and O–H groups in total. The van der Waals surface area contributed by atoms with E-state index >= 15 is 0 Å². The van der Waals surface area contributed by atoms with Crippen molar-refractivity contribution < 1.29 is 17.9 Å². The number of sulfone groups is 1. The van der Waals surface area contributed by atoms with Gasteiger partial charge in [0.25, 0.3) is 0 Å². The van der Waals surface area contributed by atoms with E-state index in [2.05, 4.69) is 5.32 Å². The number of methoxy groups -OCH3 is 1. The molecule has 2 saturated heterocycles. The van der Waals surface area contributed by atoms with Gasteiger partial charge in [0.05, 0.1) is 24.0 Å². The molecule has 116 valence electrons. The molecule has 2 aliphatic rings. The second-order valence-corrected chi connectivity index (χ2v) is 7.85. The normalized spacial score (nSPS) is 29.2. The van der Waals surface area contributed by atoms with Gasteiger partial charge in [-0.25, -0.2) is 8.42 Å². The maximum atomic E-state index is 12.6. The fourth-order valence-corrected chi connectivity index (χ4v) is 4.71. The van der Waals surface area contributed by atoms with Gasteiger partial charge in [0, 0.05) is 26.2 Å². The SMILES string of the molecule is COCCN(C(=O)[C@@H]1CCCNC1)C1CCS(=O)(=O)C1. The lowest BCUT2D eigenvalue weighted by Crippen LogP contribution is -2.49. The Labute approximate surface area is 120 Å². The number of carbonyl (C=O) groups is 1. The molecule has 2 aliphatic heterocycles. The molecule has 1 amide bonds. The molecule has 0 aromatic rings. The van der Waals surface area contributed by atoms with Gasteiger partial charge in [0.2, 0.25) is 5.91 Å². The van der Waals surface area contributed by atoms with Crippen LogP contribution in [0.2, 0.25) is 0 Å². The molecular weight excluding hydrogens is 280 g/mol. The Balaban J connectivity index is 2.04. The third-order valence-corrected chi connectivity index (χ3v) is 5.87. The topological polar surface area (TPSA) is 75.7 Å². The summed E-state index contributed by atoms with van der Waals surface area (Å²) in [7, 11) is -1.39. The zero-order chi connectivity index (χ0) is 14.6. The number of rotatable bonds is 5. The lowest BCUT2D eigenvalue weighted by atomic mass is 9.97. The van der Waals surface area contributed by atoms with Crippen molar-refractivity contribution in [3.63, 3.8) is 0 Å². The minimum atomic E-state index is -2.98. The van der Waals surface area contributed by atoms with E-state index in [-0.39, 0.29) is 29.4 Å². The summed E-state index contributed by atoms with van der Waals surface area (Å²) in [5, 5.41) is 3.24. The van der Waals surface area contributed by atoms with E-state index in [0.717, 1.165) is 19.4 Å². The first-order chi connectivity index (χ1) is 9.53. The summed E-state index contributed by atoms with van der Waals surface area (Å²) in [6.07, 6.45) is 2.43. The van der Waals surface area contributed by atoms with Crippen molar-refractivity contribution >= 4 is 15.7 Å². The molecule has 0 saturated carbocycles. The molecule has 2 rings (SSSR count). The number of hydrogen-bond acceptors (Lipinski definition) is 5. The highest BCUT2D eigenvalue weighted by Crippen LogP contribution is 2.22. The van der Waals surface area contributed by atoms with E-state index in [1.807, 2.05) is 0 Å². The van der Waals surface area contributed by atoms with Crippen molar-refractivity contribution in [1.82, 2.24) is 10.2 Å². The Hall–Kier alpha value is -0.660. The Morgan fingerprint density at radius 1 is 1.40 bits per heavy atom. The Bertz CT molecular complexity index is 432. The van der Waals surface area contributed by atoms with Crippen LogP contribution in [0.25, 0.3) is 0 Å². The first-order valence-electron chi connectivity index (χ1n) is 7.24. The average Bonchev–Trinajstić information content (AvgIpc) is 2.80. The number of amides is 1. The van der Waals surface area contributed by atoms with Crippen LogP contribution in [0.15, 0.2) is 0 Å². The van der Waals surface area contributed by atoms with Gasteiger partial charge in [0.15, 0.2) is 9.84 Å².